The van der Waals surface area contributed by atoms with Crippen LogP contribution in [-0.2, 0) is 0 Å². The molecule has 0 fully saturated rings. The lowest BCUT2D eigenvalue weighted by Crippen LogP contribution is -2.05. The first-order valence-corrected chi connectivity index (χ1v) is 6.51. The Morgan fingerprint density at radius 3 is 2.76 bits per heavy atom. The monoisotopic (exact) mass is 222 g/mol. The minimum absolute atomic E-state index is 0.598. The van der Waals surface area contributed by atoms with Crippen LogP contribution in [0.25, 0.3) is 16.8 Å². The maximum absolute atomic E-state index is 2.38. The Balaban J connectivity index is 2.23. The molecular formula is C17H18. The average molecular weight is 222 g/mol. The predicted octanol–water partition coefficient (Wildman–Crippen LogP) is 5.00. The van der Waals surface area contributed by atoms with E-state index in [9.17, 15) is 0 Å². The zero-order valence-corrected chi connectivity index (χ0v) is 10.5. The van der Waals surface area contributed by atoms with E-state index in [1.54, 1.807) is 0 Å². The molecule has 2 atom stereocenters. The van der Waals surface area contributed by atoms with Crippen LogP contribution in [0.5, 0.6) is 0 Å². The Morgan fingerprint density at radius 2 is 1.94 bits per heavy atom. The van der Waals surface area contributed by atoms with Crippen LogP contribution < -0.4 is 0 Å². The summed E-state index contributed by atoms with van der Waals surface area (Å²) in [6, 6.07) is 13.2. The normalized spacial score (nSPS) is 19.5. The predicted molar refractivity (Wildman–Crippen MR) is 75.2 cm³/mol. The first kappa shape index (κ1) is 10.6. The first-order chi connectivity index (χ1) is 8.31. The number of fused-ring (bicyclic) bond motifs is 3. The molecule has 0 spiro atoms. The third kappa shape index (κ3) is 1.59. The van der Waals surface area contributed by atoms with Gasteiger partial charge in [-0.2, -0.15) is 0 Å². The third-order valence-corrected chi connectivity index (χ3v) is 4.08. The second-order valence-corrected chi connectivity index (χ2v) is 5.06. The van der Waals surface area contributed by atoms with Crippen LogP contribution >= 0.6 is 0 Å². The van der Waals surface area contributed by atoms with Gasteiger partial charge in [0.05, 0.1) is 0 Å². The van der Waals surface area contributed by atoms with Gasteiger partial charge in [0.1, 0.15) is 0 Å². The summed E-state index contributed by atoms with van der Waals surface area (Å²) in [7, 11) is 0. The van der Waals surface area contributed by atoms with E-state index < -0.39 is 0 Å². The first-order valence-electron chi connectivity index (χ1n) is 6.51. The molecular weight excluding hydrogens is 204 g/mol. The van der Waals surface area contributed by atoms with Gasteiger partial charge in [0.2, 0.25) is 0 Å². The van der Waals surface area contributed by atoms with Crippen molar-refractivity contribution in [1.82, 2.24) is 0 Å². The molecule has 17 heavy (non-hydrogen) atoms. The quantitative estimate of drug-likeness (QED) is 0.671. The van der Waals surface area contributed by atoms with Crippen molar-refractivity contribution >= 4 is 16.8 Å². The van der Waals surface area contributed by atoms with Crippen molar-refractivity contribution < 1.29 is 0 Å². The highest BCUT2D eigenvalue weighted by atomic mass is 14.3. The summed E-state index contributed by atoms with van der Waals surface area (Å²) in [6.07, 6.45) is 5.90. The number of rotatable bonds is 2. The van der Waals surface area contributed by atoms with Gasteiger partial charge in [-0.3, -0.25) is 0 Å². The molecule has 2 aromatic rings. The molecule has 2 aromatic carbocycles. The van der Waals surface area contributed by atoms with E-state index in [1.807, 2.05) is 0 Å². The molecule has 1 aliphatic rings. The lowest BCUT2D eigenvalue weighted by molar-refractivity contribution is 0.514. The van der Waals surface area contributed by atoms with E-state index in [0.717, 1.165) is 5.92 Å². The molecule has 0 saturated heterocycles. The minimum atomic E-state index is 0.598. The van der Waals surface area contributed by atoms with Crippen molar-refractivity contribution in [3.63, 3.8) is 0 Å². The summed E-state index contributed by atoms with van der Waals surface area (Å²) >= 11 is 0. The van der Waals surface area contributed by atoms with Gasteiger partial charge in [0.25, 0.3) is 0 Å². The smallest absolute Gasteiger partial charge is 0.00589 e. The van der Waals surface area contributed by atoms with E-state index in [4.69, 9.17) is 0 Å². The van der Waals surface area contributed by atoms with Crippen LogP contribution in [0.3, 0.4) is 0 Å². The van der Waals surface area contributed by atoms with Gasteiger partial charge in [0, 0.05) is 5.92 Å². The third-order valence-electron chi connectivity index (χ3n) is 4.08. The maximum atomic E-state index is 2.38. The highest BCUT2D eigenvalue weighted by Crippen LogP contribution is 2.40. The van der Waals surface area contributed by atoms with Gasteiger partial charge in [-0.05, 0) is 27.8 Å². The van der Waals surface area contributed by atoms with Gasteiger partial charge < -0.3 is 0 Å². The second kappa shape index (κ2) is 4.03. The minimum Gasteiger partial charge on any atom is -0.0761 e. The van der Waals surface area contributed by atoms with Crippen molar-refractivity contribution in [3.05, 3.63) is 53.6 Å². The molecule has 86 valence electrons. The molecule has 2 unspecified atom stereocenters. The maximum Gasteiger partial charge on any atom is 0.00589 e. The van der Waals surface area contributed by atoms with Crippen LogP contribution in [0.4, 0.5) is 0 Å². The zero-order valence-electron chi connectivity index (χ0n) is 10.5. The Bertz CT molecular complexity index is 578. The molecule has 0 aliphatic heterocycles. The molecule has 0 amide bonds. The highest BCUT2D eigenvalue weighted by Gasteiger charge is 2.23. The van der Waals surface area contributed by atoms with E-state index in [-0.39, 0.29) is 0 Å². The number of hydrogen-bond acceptors (Lipinski definition) is 0. The van der Waals surface area contributed by atoms with Crippen LogP contribution in [0.15, 0.2) is 42.5 Å². The highest BCUT2D eigenvalue weighted by molar-refractivity contribution is 5.91. The summed E-state index contributed by atoms with van der Waals surface area (Å²) in [5.41, 5.74) is 2.95. The molecule has 3 rings (SSSR count). The van der Waals surface area contributed by atoms with Crippen molar-refractivity contribution in [2.24, 2.45) is 5.92 Å². The Labute approximate surface area is 103 Å². The van der Waals surface area contributed by atoms with Gasteiger partial charge in [-0.1, -0.05) is 68.8 Å². The SMILES string of the molecule is CCC(C)C1C=Cc2ccc3ccccc3c21. The number of hydrogen-bond donors (Lipinski definition) is 0. The Hall–Kier alpha value is -1.56. The fourth-order valence-corrected chi connectivity index (χ4v) is 2.86. The molecule has 0 bridgehead atoms. The van der Waals surface area contributed by atoms with Crippen molar-refractivity contribution in [2.45, 2.75) is 26.2 Å². The molecule has 1 aliphatic carbocycles. The number of benzene rings is 2. The molecule has 0 N–H and O–H groups in total. The fraction of sp³-hybridized carbons (Fsp3) is 0.294. The van der Waals surface area contributed by atoms with Gasteiger partial charge >= 0.3 is 0 Å². The zero-order chi connectivity index (χ0) is 11.8. The van der Waals surface area contributed by atoms with E-state index in [1.165, 1.54) is 28.3 Å². The molecule has 0 aromatic heterocycles. The Morgan fingerprint density at radius 1 is 1.12 bits per heavy atom. The summed E-state index contributed by atoms with van der Waals surface area (Å²) in [5.74, 6) is 1.32. The van der Waals surface area contributed by atoms with Gasteiger partial charge in [-0.25, -0.2) is 0 Å². The lowest BCUT2D eigenvalue weighted by Gasteiger charge is -2.19. The summed E-state index contributed by atoms with van der Waals surface area (Å²) in [6.45, 7) is 4.63. The van der Waals surface area contributed by atoms with Crippen molar-refractivity contribution in [1.29, 1.82) is 0 Å². The summed E-state index contributed by atoms with van der Waals surface area (Å²) < 4.78 is 0. The lowest BCUT2D eigenvalue weighted by atomic mass is 9.85. The molecule has 0 heterocycles. The summed E-state index contributed by atoms with van der Waals surface area (Å²) in [4.78, 5) is 0. The van der Waals surface area contributed by atoms with Crippen LogP contribution in [0, 0.1) is 5.92 Å². The summed E-state index contributed by atoms with van der Waals surface area (Å²) in [5, 5.41) is 2.79. The van der Waals surface area contributed by atoms with Gasteiger partial charge in [-0.15, -0.1) is 0 Å². The molecule has 0 radical (unpaired) electrons. The number of allylic oxidation sites excluding steroid dienone is 1. The van der Waals surface area contributed by atoms with Crippen molar-refractivity contribution in [3.8, 4) is 0 Å². The van der Waals surface area contributed by atoms with Crippen LogP contribution in [0.2, 0.25) is 0 Å². The van der Waals surface area contributed by atoms with Crippen molar-refractivity contribution in [2.75, 3.05) is 0 Å². The van der Waals surface area contributed by atoms with E-state index >= 15 is 0 Å². The van der Waals surface area contributed by atoms with Crippen LogP contribution in [-0.4, -0.2) is 0 Å². The second-order valence-electron chi connectivity index (χ2n) is 5.06. The standard InChI is InChI=1S/C17H18/c1-3-12(2)15-11-10-14-9-8-13-6-4-5-7-16(13)17(14)15/h4-12,15H,3H2,1-2H3. The largest absolute Gasteiger partial charge is 0.0761 e. The van der Waals surface area contributed by atoms with Gasteiger partial charge in [0.15, 0.2) is 0 Å². The topological polar surface area (TPSA) is 0 Å². The Kier molecular flexibility index (Phi) is 2.51. The van der Waals surface area contributed by atoms with Crippen LogP contribution in [0.1, 0.15) is 37.3 Å². The van der Waals surface area contributed by atoms with E-state index in [0.29, 0.717) is 5.92 Å². The molecule has 0 heteroatoms. The molecule has 0 saturated carbocycles. The van der Waals surface area contributed by atoms with E-state index in [2.05, 4.69) is 62.4 Å². The average Bonchev–Trinajstić information content (AvgIpc) is 2.82. The fourth-order valence-electron chi connectivity index (χ4n) is 2.86. The molecule has 0 nitrogen and oxygen atoms in total.